The lowest BCUT2D eigenvalue weighted by molar-refractivity contribution is 0.474. The highest BCUT2D eigenvalue weighted by atomic mass is 15.3. The summed E-state index contributed by atoms with van der Waals surface area (Å²) in [6, 6.07) is 0. The lowest BCUT2D eigenvalue weighted by Crippen LogP contribution is -2.25. The first kappa shape index (κ1) is 7.25. The molecule has 0 aromatic heterocycles. The van der Waals surface area contributed by atoms with E-state index in [4.69, 9.17) is 0 Å². The van der Waals surface area contributed by atoms with Crippen LogP contribution in [0.5, 0.6) is 0 Å². The fourth-order valence-electron chi connectivity index (χ4n) is 1.13. The van der Waals surface area contributed by atoms with E-state index >= 15 is 0 Å². The Morgan fingerprint density at radius 2 is 1.80 bits per heavy atom. The molecule has 0 amide bonds. The first-order valence-corrected chi connectivity index (χ1v) is 3.40. The van der Waals surface area contributed by atoms with Crippen molar-refractivity contribution in [1.29, 1.82) is 0 Å². The largest absolute Gasteiger partial charge is 0.399 e. The van der Waals surface area contributed by atoms with E-state index in [1.165, 1.54) is 0 Å². The summed E-state index contributed by atoms with van der Waals surface area (Å²) in [5, 5.41) is 0. The van der Waals surface area contributed by atoms with Crippen LogP contribution in [0, 0.1) is 0 Å². The van der Waals surface area contributed by atoms with Crippen LogP contribution in [0.3, 0.4) is 0 Å². The summed E-state index contributed by atoms with van der Waals surface area (Å²) in [5.41, 5.74) is 1.12. The van der Waals surface area contributed by atoms with E-state index in [-0.39, 0.29) is 0 Å². The second-order valence-electron chi connectivity index (χ2n) is 2.75. The van der Waals surface area contributed by atoms with Gasteiger partial charge < -0.3 is 9.71 Å². The molecule has 0 radical (unpaired) electrons. The quantitative estimate of drug-likeness (QED) is 0.458. The smallest absolute Gasteiger partial charge is 0.303 e. The second kappa shape index (κ2) is 2.08. The van der Waals surface area contributed by atoms with Gasteiger partial charge in [-0.05, 0) is 7.05 Å². The van der Waals surface area contributed by atoms with Crippen LogP contribution in [-0.4, -0.2) is 30.7 Å². The zero-order valence-corrected chi connectivity index (χ0v) is 6.89. The number of hydrogen-bond donors (Lipinski definition) is 0. The van der Waals surface area contributed by atoms with E-state index < -0.39 is 0 Å². The van der Waals surface area contributed by atoms with Crippen LogP contribution in [0.1, 0.15) is 0 Å². The van der Waals surface area contributed by atoms with Gasteiger partial charge in [0, 0.05) is 12.6 Å². The zero-order chi connectivity index (χ0) is 7.89. The average molecular weight is 136 g/mol. The summed E-state index contributed by atoms with van der Waals surface area (Å²) in [7, 11) is 4.02. The van der Waals surface area contributed by atoms with E-state index in [2.05, 4.69) is 24.8 Å². The maximum absolute atomic E-state index is 3.94. The van der Waals surface area contributed by atoms with Crippen molar-refractivity contribution in [3.05, 3.63) is 24.6 Å². The highest BCUT2D eigenvalue weighted by molar-refractivity contribution is 6.63. The first-order chi connectivity index (χ1) is 4.55. The molecule has 1 aliphatic heterocycles. The molecule has 3 heteroatoms. The lowest BCUT2D eigenvalue weighted by Gasteiger charge is -2.16. The molecule has 0 saturated carbocycles. The molecule has 1 rings (SSSR count). The molecule has 10 heavy (non-hydrogen) atoms. The van der Waals surface area contributed by atoms with Crippen molar-refractivity contribution in [3.63, 3.8) is 0 Å². The Kier molecular flexibility index (Phi) is 1.51. The third kappa shape index (κ3) is 0.736. The van der Waals surface area contributed by atoms with Crippen molar-refractivity contribution in [1.82, 2.24) is 9.71 Å². The summed E-state index contributed by atoms with van der Waals surface area (Å²) in [6.07, 6.45) is 0. The Morgan fingerprint density at radius 1 is 1.30 bits per heavy atom. The minimum atomic E-state index is 0.400. The standard InChI is InChI=1S/C7H13BN2/c1-6-8(3)10(5)7(2)9(6)4/h1-2H2,3-5H3. The number of rotatable bonds is 0. The predicted octanol–water partition coefficient (Wildman–Crippen LogP) is 1.01. The highest BCUT2D eigenvalue weighted by Crippen LogP contribution is 2.23. The van der Waals surface area contributed by atoms with E-state index in [1.807, 2.05) is 19.0 Å². The molecule has 0 bridgehead atoms. The van der Waals surface area contributed by atoms with E-state index in [9.17, 15) is 0 Å². The lowest BCUT2D eigenvalue weighted by atomic mass is 9.62. The van der Waals surface area contributed by atoms with Gasteiger partial charge in [-0.3, -0.25) is 0 Å². The molecule has 1 saturated heterocycles. The normalized spacial score (nSPS) is 19.3. The van der Waals surface area contributed by atoms with Crippen molar-refractivity contribution in [2.45, 2.75) is 6.82 Å². The van der Waals surface area contributed by atoms with Crippen molar-refractivity contribution in [2.75, 3.05) is 14.1 Å². The second-order valence-corrected chi connectivity index (χ2v) is 2.75. The molecular formula is C7H13BN2. The van der Waals surface area contributed by atoms with Gasteiger partial charge in [0.25, 0.3) is 0 Å². The Labute approximate surface area is 62.9 Å². The van der Waals surface area contributed by atoms with Crippen molar-refractivity contribution < 1.29 is 0 Å². The highest BCUT2D eigenvalue weighted by Gasteiger charge is 2.31. The van der Waals surface area contributed by atoms with Crippen LogP contribution < -0.4 is 0 Å². The topological polar surface area (TPSA) is 6.48 Å². The first-order valence-electron chi connectivity index (χ1n) is 3.40. The number of hydrogen-bond acceptors (Lipinski definition) is 2. The van der Waals surface area contributed by atoms with Gasteiger partial charge in [0.15, 0.2) is 0 Å². The van der Waals surface area contributed by atoms with Crippen LogP contribution in [0.25, 0.3) is 0 Å². The van der Waals surface area contributed by atoms with Crippen molar-refractivity contribution in [3.8, 4) is 0 Å². The SMILES string of the molecule is C=C1B(C)N(C)C(=C)N1C. The maximum Gasteiger partial charge on any atom is 0.303 e. The fourth-order valence-corrected chi connectivity index (χ4v) is 1.13. The van der Waals surface area contributed by atoms with E-state index in [1.54, 1.807) is 0 Å². The molecule has 0 spiro atoms. The number of nitrogens with zero attached hydrogens (tertiary/aromatic N) is 2. The van der Waals surface area contributed by atoms with Crippen molar-refractivity contribution in [2.24, 2.45) is 0 Å². The maximum atomic E-state index is 3.94. The molecule has 1 fully saturated rings. The van der Waals surface area contributed by atoms with Gasteiger partial charge in [0.1, 0.15) is 0 Å². The Morgan fingerprint density at radius 3 is 1.90 bits per heavy atom. The van der Waals surface area contributed by atoms with Gasteiger partial charge in [0.2, 0.25) is 0 Å². The van der Waals surface area contributed by atoms with Crippen molar-refractivity contribution >= 4 is 6.85 Å². The molecule has 0 aromatic rings. The molecule has 2 nitrogen and oxygen atoms in total. The summed E-state index contributed by atoms with van der Waals surface area (Å²) >= 11 is 0. The molecular weight excluding hydrogens is 123 g/mol. The van der Waals surface area contributed by atoms with Crippen LogP contribution in [-0.2, 0) is 0 Å². The summed E-state index contributed by atoms with van der Waals surface area (Å²) in [6.45, 7) is 10.4. The molecule has 54 valence electrons. The van der Waals surface area contributed by atoms with Crippen LogP contribution in [0.4, 0.5) is 0 Å². The predicted molar refractivity (Wildman–Crippen MR) is 45.4 cm³/mol. The average Bonchev–Trinajstić information content (AvgIpc) is 2.07. The zero-order valence-electron chi connectivity index (χ0n) is 6.89. The monoisotopic (exact) mass is 136 g/mol. The van der Waals surface area contributed by atoms with Gasteiger partial charge in [-0.25, -0.2) is 0 Å². The molecule has 1 aliphatic rings. The summed E-state index contributed by atoms with van der Waals surface area (Å²) in [4.78, 5) is 4.13. The molecule has 0 aliphatic carbocycles. The van der Waals surface area contributed by atoms with E-state index in [0.717, 1.165) is 11.4 Å². The Bertz CT molecular complexity index is 168. The minimum Gasteiger partial charge on any atom is -0.399 e. The molecule has 1 heterocycles. The van der Waals surface area contributed by atoms with E-state index in [0.29, 0.717) is 6.85 Å². The molecule has 0 N–H and O–H groups in total. The third-order valence-corrected chi connectivity index (χ3v) is 2.29. The summed E-state index contributed by atoms with van der Waals surface area (Å²) in [5.74, 6) is 1.03. The molecule has 0 atom stereocenters. The Balaban J connectivity index is 2.89. The van der Waals surface area contributed by atoms with Gasteiger partial charge in [-0.1, -0.05) is 20.0 Å². The van der Waals surface area contributed by atoms with Gasteiger partial charge in [-0.2, -0.15) is 0 Å². The van der Waals surface area contributed by atoms with Crippen LogP contribution >= 0.6 is 0 Å². The Hall–Kier alpha value is -0.855. The van der Waals surface area contributed by atoms with Crippen LogP contribution in [0.15, 0.2) is 24.6 Å². The third-order valence-electron chi connectivity index (χ3n) is 2.29. The van der Waals surface area contributed by atoms with Gasteiger partial charge in [0.05, 0.1) is 5.82 Å². The van der Waals surface area contributed by atoms with Crippen LogP contribution in [0.2, 0.25) is 6.82 Å². The van der Waals surface area contributed by atoms with Gasteiger partial charge >= 0.3 is 6.85 Å². The van der Waals surface area contributed by atoms with Gasteiger partial charge in [-0.15, -0.1) is 0 Å². The minimum absolute atomic E-state index is 0.400. The molecule has 0 unspecified atom stereocenters. The fraction of sp³-hybridized carbons (Fsp3) is 0.429. The molecule has 0 aromatic carbocycles. The summed E-state index contributed by atoms with van der Waals surface area (Å²) < 4.78 is 0.